The number of hydrogen-bond donors (Lipinski definition) is 0. The third-order valence-electron chi connectivity index (χ3n) is 14.6. The van der Waals surface area contributed by atoms with Gasteiger partial charge in [0, 0.05) is 8.80 Å². The zero-order valence-electron chi connectivity index (χ0n) is 30.8. The van der Waals surface area contributed by atoms with Gasteiger partial charge in [-0.3, -0.25) is 0 Å². The summed E-state index contributed by atoms with van der Waals surface area (Å²) in [6, 6.07) is 5.40. The van der Waals surface area contributed by atoms with Crippen molar-refractivity contribution in [2.45, 2.75) is 245 Å². The molecule has 0 atom stereocenters. The molecule has 0 aliphatic heterocycles. The van der Waals surface area contributed by atoms with Crippen molar-refractivity contribution in [3.05, 3.63) is 0 Å². The molecule has 6 fully saturated rings. The third-order valence-corrected chi connectivity index (χ3v) is 30.5. The SMILES string of the molecule is C1CCC(P(CC[SiH](CCP(C2CCCCC2)C2CCCCC2)CCP(C2CCCCC2)C2CCCCC2)C2CCCCC2)CC1. The zero-order chi connectivity index (χ0) is 31.2. The second kappa shape index (κ2) is 21.1. The Kier molecular flexibility index (Phi) is 17.1. The Bertz CT molecular complexity index is 626. The van der Waals surface area contributed by atoms with E-state index in [2.05, 4.69) is 0 Å². The summed E-state index contributed by atoms with van der Waals surface area (Å²) in [5, 5.41) is 0. The van der Waals surface area contributed by atoms with E-state index in [4.69, 9.17) is 0 Å². The van der Waals surface area contributed by atoms with Crippen molar-refractivity contribution in [3.63, 3.8) is 0 Å². The average molecular weight is 705 g/mol. The van der Waals surface area contributed by atoms with Crippen LogP contribution < -0.4 is 0 Å². The standard InChI is InChI=1S/C42H79P3Si/c1-7-19-37(20-8-1)43(38-21-9-2-10-22-38)31-34-46(35-32-44(39-23-11-3-12-24-39)40-25-13-4-14-26-40)36-33-45(41-27-15-5-16-28-41)42-29-17-6-18-30-42/h37-42,46H,1-36H2. The molecule has 266 valence electrons. The monoisotopic (exact) mass is 705 g/mol. The average Bonchev–Trinajstić information content (AvgIpc) is 3.14. The van der Waals surface area contributed by atoms with Crippen LogP contribution in [0.3, 0.4) is 0 Å². The number of rotatable bonds is 15. The van der Waals surface area contributed by atoms with Gasteiger partial charge in [0.1, 0.15) is 0 Å². The maximum Gasteiger partial charge on any atom is 0.0378 e. The molecule has 6 rings (SSSR count). The lowest BCUT2D eigenvalue weighted by Crippen LogP contribution is -2.27. The van der Waals surface area contributed by atoms with Crippen LogP contribution in [-0.2, 0) is 0 Å². The molecule has 4 heteroatoms. The Morgan fingerprint density at radius 1 is 0.261 bits per heavy atom. The van der Waals surface area contributed by atoms with Crippen molar-refractivity contribution < 1.29 is 0 Å². The van der Waals surface area contributed by atoms with Crippen molar-refractivity contribution in [3.8, 4) is 0 Å². The maximum absolute atomic E-state index is 1.80. The van der Waals surface area contributed by atoms with Crippen LogP contribution in [-0.4, -0.2) is 61.2 Å². The van der Waals surface area contributed by atoms with Gasteiger partial charge in [0.2, 0.25) is 0 Å². The largest absolute Gasteiger partial charge is 0.101 e. The summed E-state index contributed by atoms with van der Waals surface area (Å²) in [6.07, 6.45) is 53.2. The molecule has 6 saturated carbocycles. The maximum atomic E-state index is 1.80. The van der Waals surface area contributed by atoms with E-state index in [1.807, 2.05) is 0 Å². The third kappa shape index (κ3) is 11.5. The fourth-order valence-corrected chi connectivity index (χ4v) is 30.9. The summed E-state index contributed by atoms with van der Waals surface area (Å²) in [7, 11) is 0.267. The van der Waals surface area contributed by atoms with Crippen LogP contribution >= 0.6 is 23.8 Å². The van der Waals surface area contributed by atoms with Crippen LogP contribution in [0.25, 0.3) is 0 Å². The lowest BCUT2D eigenvalue weighted by Gasteiger charge is -2.41. The minimum Gasteiger partial charge on any atom is -0.101 e. The lowest BCUT2D eigenvalue weighted by atomic mass is 9.99. The van der Waals surface area contributed by atoms with Crippen LogP contribution in [0.1, 0.15) is 193 Å². The Morgan fingerprint density at radius 2 is 0.435 bits per heavy atom. The van der Waals surface area contributed by atoms with Gasteiger partial charge >= 0.3 is 0 Å². The predicted molar refractivity (Wildman–Crippen MR) is 218 cm³/mol. The van der Waals surface area contributed by atoms with Crippen LogP contribution in [0.5, 0.6) is 0 Å². The molecule has 6 aliphatic rings. The zero-order valence-corrected chi connectivity index (χ0v) is 34.7. The highest BCUT2D eigenvalue weighted by molar-refractivity contribution is 7.60. The van der Waals surface area contributed by atoms with Crippen LogP contribution in [0.2, 0.25) is 18.1 Å². The second-order valence-electron chi connectivity index (χ2n) is 17.7. The first-order valence-electron chi connectivity index (χ1n) is 22.1. The number of hydrogen-bond acceptors (Lipinski definition) is 0. The van der Waals surface area contributed by atoms with Gasteiger partial charge in [0.15, 0.2) is 0 Å². The van der Waals surface area contributed by atoms with E-state index < -0.39 is 8.80 Å². The molecular weight excluding hydrogens is 625 g/mol. The molecule has 0 aromatic carbocycles. The molecule has 6 aliphatic carbocycles. The normalized spacial score (nSPS) is 26.6. The van der Waals surface area contributed by atoms with Crippen molar-refractivity contribution in [2.24, 2.45) is 0 Å². The van der Waals surface area contributed by atoms with Crippen LogP contribution in [0.15, 0.2) is 0 Å². The summed E-state index contributed by atoms with van der Waals surface area (Å²) < 4.78 is 0. The molecule has 0 bridgehead atoms. The van der Waals surface area contributed by atoms with E-state index in [-0.39, 0.29) is 0 Å². The summed E-state index contributed by atoms with van der Waals surface area (Å²) in [5.41, 5.74) is 7.11. The molecule has 0 amide bonds. The minimum atomic E-state index is -0.679. The first-order chi connectivity index (χ1) is 22.8. The smallest absolute Gasteiger partial charge is 0.0378 e. The minimum absolute atomic E-state index is 0.315. The molecule has 0 radical (unpaired) electrons. The van der Waals surface area contributed by atoms with Crippen LogP contribution in [0, 0.1) is 0 Å². The molecule has 0 N–H and O–H groups in total. The Morgan fingerprint density at radius 3 is 0.609 bits per heavy atom. The first kappa shape index (κ1) is 37.3. The van der Waals surface area contributed by atoms with Gasteiger partial charge in [-0.2, -0.15) is 0 Å². The van der Waals surface area contributed by atoms with Gasteiger partial charge in [0.05, 0.1) is 0 Å². The predicted octanol–water partition coefficient (Wildman–Crippen LogP) is 14.7. The second-order valence-corrected chi connectivity index (χ2v) is 30.0. The van der Waals surface area contributed by atoms with E-state index in [0.29, 0.717) is 23.8 Å². The topological polar surface area (TPSA) is 0 Å². The van der Waals surface area contributed by atoms with Crippen molar-refractivity contribution in [1.82, 2.24) is 0 Å². The van der Waals surface area contributed by atoms with E-state index in [1.165, 1.54) is 34.0 Å². The summed E-state index contributed by atoms with van der Waals surface area (Å²) in [4.78, 5) is 0. The quantitative estimate of drug-likeness (QED) is 0.118. The highest BCUT2D eigenvalue weighted by atomic mass is 31.1. The molecule has 0 unspecified atom stereocenters. The first-order valence-corrected chi connectivity index (χ1v) is 29.6. The molecule has 46 heavy (non-hydrogen) atoms. The molecule has 0 nitrogen and oxygen atoms in total. The molecular formula is C42H79P3Si. The van der Waals surface area contributed by atoms with Gasteiger partial charge in [0.25, 0.3) is 0 Å². The van der Waals surface area contributed by atoms with Gasteiger partial charge in [-0.05, 0) is 129 Å². The van der Waals surface area contributed by atoms with Crippen LogP contribution in [0.4, 0.5) is 0 Å². The lowest BCUT2D eigenvalue weighted by molar-refractivity contribution is 0.484. The van der Waals surface area contributed by atoms with Crippen molar-refractivity contribution >= 4 is 32.6 Å². The fraction of sp³-hybridized carbons (Fsp3) is 1.00. The summed E-state index contributed by atoms with van der Waals surface area (Å²) in [5.74, 6) is 0. The summed E-state index contributed by atoms with van der Waals surface area (Å²) >= 11 is 0. The van der Waals surface area contributed by atoms with E-state index in [9.17, 15) is 0 Å². The molecule has 0 aromatic rings. The van der Waals surface area contributed by atoms with E-state index in [0.717, 1.165) is 0 Å². The van der Waals surface area contributed by atoms with Gasteiger partial charge in [-0.15, -0.1) is 23.8 Å². The summed E-state index contributed by atoms with van der Waals surface area (Å²) in [6.45, 7) is 0. The van der Waals surface area contributed by atoms with E-state index in [1.54, 1.807) is 229 Å². The van der Waals surface area contributed by atoms with Crippen molar-refractivity contribution in [1.29, 1.82) is 0 Å². The van der Waals surface area contributed by atoms with Gasteiger partial charge in [-0.1, -0.05) is 134 Å². The van der Waals surface area contributed by atoms with Gasteiger partial charge in [-0.25, -0.2) is 0 Å². The Labute approximate surface area is 294 Å². The van der Waals surface area contributed by atoms with E-state index >= 15 is 0 Å². The molecule has 0 heterocycles. The van der Waals surface area contributed by atoms with Crippen molar-refractivity contribution in [2.75, 3.05) is 18.5 Å². The molecule has 0 aromatic heterocycles. The Balaban J connectivity index is 1.15. The Hall–Kier alpha value is 1.51. The highest BCUT2D eigenvalue weighted by Crippen LogP contribution is 2.60. The fourth-order valence-electron chi connectivity index (χ4n) is 11.9. The van der Waals surface area contributed by atoms with Gasteiger partial charge < -0.3 is 0 Å². The highest BCUT2D eigenvalue weighted by Gasteiger charge is 2.35. The molecule has 0 saturated heterocycles. The molecule has 0 spiro atoms.